The summed E-state index contributed by atoms with van der Waals surface area (Å²) in [5.41, 5.74) is 3.06. The first-order chi connectivity index (χ1) is 18.3. The second-order valence-electron chi connectivity index (χ2n) is 9.46. The first-order valence-electron chi connectivity index (χ1n) is 12.4. The molecule has 38 heavy (non-hydrogen) atoms. The molecule has 0 radical (unpaired) electrons. The summed E-state index contributed by atoms with van der Waals surface area (Å²) in [5.74, 6) is -2.71. The Labute approximate surface area is 218 Å². The summed E-state index contributed by atoms with van der Waals surface area (Å²) in [5, 5.41) is 5.72. The number of amides is 2. The smallest absolute Gasteiger partial charge is 0.316 e. The molecule has 2 aliphatic rings. The number of aromatic nitrogens is 3. The van der Waals surface area contributed by atoms with E-state index < -0.39 is 11.8 Å². The minimum absolute atomic E-state index is 0.125. The molecule has 198 valence electrons. The van der Waals surface area contributed by atoms with Crippen LogP contribution in [0.25, 0.3) is 11.1 Å². The van der Waals surface area contributed by atoms with Crippen molar-refractivity contribution in [3.8, 4) is 22.9 Å². The molecule has 1 aliphatic heterocycles. The lowest BCUT2D eigenvalue weighted by molar-refractivity contribution is -0.0399. The molecule has 5 rings (SSSR count). The van der Waals surface area contributed by atoms with E-state index in [1.54, 1.807) is 12.4 Å². The third-order valence-corrected chi connectivity index (χ3v) is 6.79. The van der Waals surface area contributed by atoms with Crippen LogP contribution in [-0.4, -0.2) is 58.5 Å². The zero-order valence-electron chi connectivity index (χ0n) is 20.7. The molecular formula is C27H27F2N5O4. The lowest BCUT2D eigenvalue weighted by atomic mass is 9.92. The SMILES string of the molecule is COc1ncc(-c2cccc3c2C[C@H](NC(=O)c2ccc(C(=O)NC4CCC(F)(F)CC4)nc2)CO3)cn1. The van der Waals surface area contributed by atoms with Gasteiger partial charge in [0.05, 0.1) is 18.7 Å². The Morgan fingerprint density at radius 3 is 2.39 bits per heavy atom. The summed E-state index contributed by atoms with van der Waals surface area (Å²) in [4.78, 5) is 37.8. The Balaban J connectivity index is 1.21. The van der Waals surface area contributed by atoms with E-state index in [4.69, 9.17) is 9.47 Å². The van der Waals surface area contributed by atoms with Crippen molar-refractivity contribution in [1.82, 2.24) is 25.6 Å². The Kier molecular flexibility index (Phi) is 7.17. The first-order valence-corrected chi connectivity index (χ1v) is 12.4. The number of methoxy groups -OCH3 is 1. The fourth-order valence-corrected chi connectivity index (χ4v) is 4.71. The number of hydrogen-bond donors (Lipinski definition) is 2. The number of carbonyl (C=O) groups excluding carboxylic acids is 2. The largest absolute Gasteiger partial charge is 0.491 e. The van der Waals surface area contributed by atoms with Gasteiger partial charge in [0.2, 0.25) is 5.92 Å². The zero-order valence-corrected chi connectivity index (χ0v) is 20.7. The average Bonchev–Trinajstić information content (AvgIpc) is 2.94. The van der Waals surface area contributed by atoms with Crippen molar-refractivity contribution in [2.24, 2.45) is 0 Å². The van der Waals surface area contributed by atoms with Crippen LogP contribution in [0.3, 0.4) is 0 Å². The van der Waals surface area contributed by atoms with Gasteiger partial charge >= 0.3 is 6.01 Å². The maximum atomic E-state index is 13.3. The molecule has 1 atom stereocenters. The van der Waals surface area contributed by atoms with Crippen LogP contribution in [0.5, 0.6) is 11.8 Å². The molecule has 1 aliphatic carbocycles. The van der Waals surface area contributed by atoms with Gasteiger partial charge in [-0.2, -0.15) is 0 Å². The summed E-state index contributed by atoms with van der Waals surface area (Å²) in [6.07, 6.45) is 5.18. The number of halogens is 2. The molecular weight excluding hydrogens is 496 g/mol. The second-order valence-corrected chi connectivity index (χ2v) is 9.46. The summed E-state index contributed by atoms with van der Waals surface area (Å²) in [6, 6.07) is 8.37. The summed E-state index contributed by atoms with van der Waals surface area (Å²) in [6.45, 7) is 0.301. The Bertz CT molecular complexity index is 1310. The summed E-state index contributed by atoms with van der Waals surface area (Å²) in [7, 11) is 1.50. The van der Waals surface area contributed by atoms with E-state index in [9.17, 15) is 18.4 Å². The summed E-state index contributed by atoms with van der Waals surface area (Å²) < 4.78 is 37.6. The van der Waals surface area contributed by atoms with Crippen LogP contribution in [0, 0.1) is 0 Å². The highest BCUT2D eigenvalue weighted by atomic mass is 19.3. The normalized spacial score (nSPS) is 18.6. The second kappa shape index (κ2) is 10.7. The van der Waals surface area contributed by atoms with E-state index in [1.165, 1.54) is 25.4 Å². The highest BCUT2D eigenvalue weighted by Gasteiger charge is 2.35. The number of pyridine rings is 1. The van der Waals surface area contributed by atoms with Gasteiger partial charge in [0.15, 0.2) is 0 Å². The van der Waals surface area contributed by atoms with Gasteiger partial charge in [0.25, 0.3) is 11.8 Å². The highest BCUT2D eigenvalue weighted by Crippen LogP contribution is 2.34. The molecule has 2 amide bonds. The van der Waals surface area contributed by atoms with E-state index in [1.807, 2.05) is 18.2 Å². The lowest BCUT2D eigenvalue weighted by Crippen LogP contribution is -2.43. The van der Waals surface area contributed by atoms with Gasteiger partial charge in [-0.1, -0.05) is 12.1 Å². The number of carbonyl (C=O) groups is 2. The molecule has 1 fully saturated rings. The molecule has 0 unspecified atom stereocenters. The number of hydrogen-bond acceptors (Lipinski definition) is 7. The third kappa shape index (κ3) is 5.71. The van der Waals surface area contributed by atoms with Gasteiger partial charge in [0.1, 0.15) is 18.1 Å². The number of alkyl halides is 2. The molecule has 3 aromatic rings. The predicted octanol–water partition coefficient (Wildman–Crippen LogP) is 3.59. The van der Waals surface area contributed by atoms with Crippen molar-refractivity contribution in [3.63, 3.8) is 0 Å². The molecule has 3 heterocycles. The zero-order chi connectivity index (χ0) is 26.7. The lowest BCUT2D eigenvalue weighted by Gasteiger charge is -2.28. The van der Waals surface area contributed by atoms with E-state index in [2.05, 4.69) is 25.6 Å². The molecule has 2 aromatic heterocycles. The van der Waals surface area contributed by atoms with Gasteiger partial charge in [0, 0.05) is 55.0 Å². The van der Waals surface area contributed by atoms with Crippen molar-refractivity contribution >= 4 is 11.8 Å². The molecule has 0 saturated heterocycles. The van der Waals surface area contributed by atoms with Gasteiger partial charge in [-0.05, 0) is 36.6 Å². The number of nitrogens with one attached hydrogen (secondary N) is 2. The molecule has 0 spiro atoms. The molecule has 9 nitrogen and oxygen atoms in total. The predicted molar refractivity (Wildman–Crippen MR) is 133 cm³/mol. The standard InChI is InChI=1S/C27H27F2N5O4/c1-37-26-31-13-17(14-32-26)20-3-2-4-23-21(20)11-19(15-38-23)34-24(35)16-5-6-22(30-12-16)25(36)33-18-7-9-27(28,29)10-8-18/h2-6,12-14,18-19H,7-11,15H2,1H3,(H,33,36)(H,34,35)/t19-/m0/s1. The third-order valence-electron chi connectivity index (χ3n) is 6.79. The van der Waals surface area contributed by atoms with Crippen LogP contribution in [0.1, 0.15) is 52.1 Å². The van der Waals surface area contributed by atoms with Crippen LogP contribution in [0.15, 0.2) is 48.9 Å². The van der Waals surface area contributed by atoms with Crippen molar-refractivity contribution in [2.75, 3.05) is 13.7 Å². The van der Waals surface area contributed by atoms with E-state index in [0.29, 0.717) is 18.6 Å². The Hall–Kier alpha value is -4.15. The Morgan fingerprint density at radius 1 is 0.974 bits per heavy atom. The van der Waals surface area contributed by atoms with Crippen molar-refractivity contribution in [3.05, 3.63) is 65.7 Å². The van der Waals surface area contributed by atoms with Crippen LogP contribution in [0.2, 0.25) is 0 Å². The fraction of sp³-hybridized carbons (Fsp3) is 0.370. The minimum Gasteiger partial charge on any atom is -0.491 e. The topological polar surface area (TPSA) is 115 Å². The maximum absolute atomic E-state index is 13.3. The highest BCUT2D eigenvalue weighted by molar-refractivity contribution is 5.96. The van der Waals surface area contributed by atoms with Crippen molar-refractivity contribution in [1.29, 1.82) is 0 Å². The fourth-order valence-electron chi connectivity index (χ4n) is 4.71. The molecule has 11 heteroatoms. The van der Waals surface area contributed by atoms with E-state index in [0.717, 1.165) is 22.4 Å². The van der Waals surface area contributed by atoms with E-state index in [-0.39, 0.29) is 55.4 Å². The molecule has 1 saturated carbocycles. The number of ether oxygens (including phenoxy) is 2. The van der Waals surface area contributed by atoms with Gasteiger partial charge in [-0.3, -0.25) is 14.6 Å². The molecule has 0 bridgehead atoms. The van der Waals surface area contributed by atoms with Gasteiger partial charge < -0.3 is 20.1 Å². The first kappa shape index (κ1) is 25.5. The minimum atomic E-state index is -2.66. The molecule has 2 N–H and O–H groups in total. The quantitative estimate of drug-likeness (QED) is 0.507. The van der Waals surface area contributed by atoms with Crippen LogP contribution in [-0.2, 0) is 6.42 Å². The average molecular weight is 524 g/mol. The molecule has 1 aromatic carbocycles. The van der Waals surface area contributed by atoms with Crippen LogP contribution >= 0.6 is 0 Å². The summed E-state index contributed by atoms with van der Waals surface area (Å²) >= 11 is 0. The van der Waals surface area contributed by atoms with Gasteiger partial charge in [-0.25, -0.2) is 18.7 Å². The van der Waals surface area contributed by atoms with Crippen molar-refractivity contribution < 1.29 is 27.8 Å². The number of fused-ring (bicyclic) bond motifs is 1. The number of benzene rings is 1. The monoisotopic (exact) mass is 523 g/mol. The van der Waals surface area contributed by atoms with Crippen LogP contribution < -0.4 is 20.1 Å². The van der Waals surface area contributed by atoms with Crippen LogP contribution in [0.4, 0.5) is 8.78 Å². The maximum Gasteiger partial charge on any atom is 0.316 e. The van der Waals surface area contributed by atoms with Gasteiger partial charge in [-0.15, -0.1) is 0 Å². The van der Waals surface area contributed by atoms with Crippen molar-refractivity contribution in [2.45, 2.75) is 50.1 Å². The van der Waals surface area contributed by atoms with E-state index >= 15 is 0 Å². The Morgan fingerprint density at radius 2 is 1.71 bits per heavy atom. The number of rotatable bonds is 6. The number of nitrogens with zero attached hydrogens (tertiary/aromatic N) is 3.